The van der Waals surface area contributed by atoms with Crippen LogP contribution >= 0.6 is 0 Å². The van der Waals surface area contributed by atoms with Gasteiger partial charge in [-0.3, -0.25) is 4.79 Å². The Morgan fingerprint density at radius 1 is 1.10 bits per heavy atom. The number of carbonyl (C=O) groups is 1. The Bertz CT molecular complexity index is 962. The first kappa shape index (κ1) is 23.7. The van der Waals surface area contributed by atoms with Crippen LogP contribution < -0.4 is 14.8 Å². The number of benzene rings is 2. The summed E-state index contributed by atoms with van der Waals surface area (Å²) in [6, 6.07) is 11.2. The number of sulfonamides is 1. The van der Waals surface area contributed by atoms with E-state index in [-0.39, 0.29) is 41.8 Å². The van der Waals surface area contributed by atoms with Crippen LogP contribution in [0.4, 0.5) is 13.2 Å². The Morgan fingerprint density at radius 3 is 2.37 bits per heavy atom. The largest absolute Gasteiger partial charge is 0.491 e. The van der Waals surface area contributed by atoms with Gasteiger partial charge in [0.1, 0.15) is 5.75 Å². The fourth-order valence-corrected chi connectivity index (χ4v) is 3.64. The van der Waals surface area contributed by atoms with E-state index in [0.29, 0.717) is 0 Å². The van der Waals surface area contributed by atoms with Gasteiger partial charge in [0.2, 0.25) is 15.9 Å². The summed E-state index contributed by atoms with van der Waals surface area (Å²) < 4.78 is 71.8. The fraction of sp³-hybridized carbons (Fsp3) is 0.350. The summed E-state index contributed by atoms with van der Waals surface area (Å²) in [5.74, 6) is -0.496. The highest BCUT2D eigenvalue weighted by Crippen LogP contribution is 2.34. The van der Waals surface area contributed by atoms with Gasteiger partial charge in [-0.1, -0.05) is 24.3 Å². The normalized spacial score (nSPS) is 12.1. The molecule has 2 rings (SSSR count). The summed E-state index contributed by atoms with van der Waals surface area (Å²) in [5, 5.41) is 2.38. The molecule has 0 unspecified atom stereocenters. The Labute approximate surface area is 173 Å². The Hall–Kier alpha value is -2.59. The lowest BCUT2D eigenvalue weighted by atomic mass is 10.1. The van der Waals surface area contributed by atoms with Crippen LogP contribution in [0.15, 0.2) is 53.4 Å². The number of halogens is 3. The van der Waals surface area contributed by atoms with Crippen LogP contribution in [0.3, 0.4) is 0 Å². The molecule has 0 heterocycles. The van der Waals surface area contributed by atoms with E-state index < -0.39 is 27.7 Å². The third-order valence-corrected chi connectivity index (χ3v) is 5.41. The van der Waals surface area contributed by atoms with Crippen molar-refractivity contribution >= 4 is 15.9 Å². The summed E-state index contributed by atoms with van der Waals surface area (Å²) in [4.78, 5) is 12.0. The van der Waals surface area contributed by atoms with E-state index in [1.54, 1.807) is 32.0 Å². The zero-order valence-electron chi connectivity index (χ0n) is 16.5. The monoisotopic (exact) mass is 444 g/mol. The molecule has 0 radical (unpaired) electrons. The predicted molar refractivity (Wildman–Crippen MR) is 105 cm³/mol. The van der Waals surface area contributed by atoms with Crippen molar-refractivity contribution in [1.29, 1.82) is 0 Å². The smallest absolute Gasteiger partial charge is 0.416 e. The molecule has 2 aromatic rings. The highest BCUT2D eigenvalue weighted by molar-refractivity contribution is 7.89. The minimum absolute atomic E-state index is 0.0592. The summed E-state index contributed by atoms with van der Waals surface area (Å²) in [5.41, 5.74) is -1.01. The van der Waals surface area contributed by atoms with E-state index in [2.05, 4.69) is 10.0 Å². The van der Waals surface area contributed by atoms with Crippen molar-refractivity contribution in [2.24, 2.45) is 0 Å². The summed E-state index contributed by atoms with van der Waals surface area (Å²) in [6.45, 7) is 2.87. The molecule has 0 saturated heterocycles. The number of hydrogen-bond acceptors (Lipinski definition) is 4. The van der Waals surface area contributed by atoms with Gasteiger partial charge in [0.25, 0.3) is 0 Å². The van der Waals surface area contributed by atoms with Gasteiger partial charge in [0.05, 0.1) is 16.6 Å². The zero-order chi connectivity index (χ0) is 22.4. The van der Waals surface area contributed by atoms with Gasteiger partial charge in [-0.05, 0) is 43.7 Å². The maximum absolute atomic E-state index is 13.3. The lowest BCUT2D eigenvalue weighted by Crippen LogP contribution is -2.31. The van der Waals surface area contributed by atoms with Crippen LogP contribution in [0, 0.1) is 0 Å². The Morgan fingerprint density at radius 2 is 1.77 bits per heavy atom. The molecule has 30 heavy (non-hydrogen) atoms. The van der Waals surface area contributed by atoms with Crippen LogP contribution in [0.2, 0.25) is 0 Å². The molecular formula is C20H23F3N2O4S. The molecule has 0 fully saturated rings. The number of ether oxygens (including phenoxy) is 1. The molecule has 0 aliphatic carbocycles. The molecule has 2 aromatic carbocycles. The molecule has 0 atom stereocenters. The maximum atomic E-state index is 13.3. The van der Waals surface area contributed by atoms with Gasteiger partial charge in [-0.15, -0.1) is 0 Å². The SMILES string of the molecule is CC(C)Oc1ccc(CNC(=O)CCNS(=O)(=O)c2ccccc2)c(C(F)(F)F)c1. The Kier molecular flexibility index (Phi) is 7.85. The molecule has 0 aliphatic heterocycles. The van der Waals surface area contributed by atoms with E-state index in [1.807, 2.05) is 0 Å². The van der Waals surface area contributed by atoms with E-state index in [0.717, 1.165) is 6.07 Å². The second-order valence-electron chi connectivity index (χ2n) is 6.72. The van der Waals surface area contributed by atoms with Gasteiger partial charge in [0.15, 0.2) is 0 Å². The van der Waals surface area contributed by atoms with Crippen LogP contribution in [0.25, 0.3) is 0 Å². The summed E-state index contributed by atoms with van der Waals surface area (Å²) >= 11 is 0. The van der Waals surface area contributed by atoms with Crippen molar-refractivity contribution in [2.75, 3.05) is 6.54 Å². The van der Waals surface area contributed by atoms with Gasteiger partial charge in [-0.2, -0.15) is 13.2 Å². The topological polar surface area (TPSA) is 84.5 Å². The highest BCUT2D eigenvalue weighted by Gasteiger charge is 2.34. The van der Waals surface area contributed by atoms with Crippen molar-refractivity contribution in [3.63, 3.8) is 0 Å². The molecule has 0 spiro atoms. The van der Waals surface area contributed by atoms with Crippen LogP contribution in [-0.2, 0) is 27.5 Å². The van der Waals surface area contributed by atoms with Crippen molar-refractivity contribution in [1.82, 2.24) is 10.0 Å². The number of carbonyl (C=O) groups excluding carboxylic acids is 1. The van der Waals surface area contributed by atoms with E-state index in [9.17, 15) is 26.4 Å². The first-order chi connectivity index (χ1) is 14.0. The van der Waals surface area contributed by atoms with Crippen molar-refractivity contribution in [3.8, 4) is 5.75 Å². The zero-order valence-corrected chi connectivity index (χ0v) is 17.3. The van der Waals surface area contributed by atoms with E-state index in [1.165, 1.54) is 24.3 Å². The summed E-state index contributed by atoms with van der Waals surface area (Å²) in [7, 11) is -3.76. The Balaban J connectivity index is 1.94. The van der Waals surface area contributed by atoms with Gasteiger partial charge < -0.3 is 10.1 Å². The van der Waals surface area contributed by atoms with Crippen molar-refractivity contribution in [3.05, 3.63) is 59.7 Å². The second kappa shape index (κ2) is 9.94. The molecule has 6 nitrogen and oxygen atoms in total. The maximum Gasteiger partial charge on any atom is 0.416 e. The lowest BCUT2D eigenvalue weighted by Gasteiger charge is -2.17. The van der Waals surface area contributed by atoms with Crippen LogP contribution in [0.1, 0.15) is 31.4 Å². The molecule has 2 N–H and O–H groups in total. The van der Waals surface area contributed by atoms with Crippen molar-refractivity contribution in [2.45, 2.75) is 44.0 Å². The minimum atomic E-state index is -4.61. The number of nitrogens with one attached hydrogen (secondary N) is 2. The van der Waals surface area contributed by atoms with Crippen LogP contribution in [-0.4, -0.2) is 27.0 Å². The fourth-order valence-electron chi connectivity index (χ4n) is 2.58. The van der Waals surface area contributed by atoms with Gasteiger partial charge in [0, 0.05) is 19.5 Å². The first-order valence-corrected chi connectivity index (χ1v) is 10.7. The average Bonchev–Trinajstić information content (AvgIpc) is 2.66. The highest BCUT2D eigenvalue weighted by atomic mass is 32.2. The molecule has 10 heteroatoms. The van der Waals surface area contributed by atoms with E-state index >= 15 is 0 Å². The molecule has 0 aromatic heterocycles. The van der Waals surface area contributed by atoms with E-state index in [4.69, 9.17) is 4.74 Å². The third kappa shape index (κ3) is 7.03. The number of amides is 1. The molecule has 164 valence electrons. The molecular weight excluding hydrogens is 421 g/mol. The van der Waals surface area contributed by atoms with Crippen molar-refractivity contribution < 1.29 is 31.1 Å². The first-order valence-electron chi connectivity index (χ1n) is 9.17. The van der Waals surface area contributed by atoms with Gasteiger partial charge >= 0.3 is 6.18 Å². The van der Waals surface area contributed by atoms with Gasteiger partial charge in [-0.25, -0.2) is 13.1 Å². The number of alkyl halides is 3. The number of rotatable bonds is 9. The third-order valence-electron chi connectivity index (χ3n) is 3.93. The standard InChI is InChI=1S/C20H23F3N2O4S/c1-14(2)29-16-9-8-15(18(12-16)20(21,22)23)13-24-19(26)10-11-25-30(27,28)17-6-4-3-5-7-17/h3-9,12,14,25H,10-11,13H2,1-2H3,(H,24,26). The quantitative estimate of drug-likeness (QED) is 0.620. The second-order valence-corrected chi connectivity index (χ2v) is 8.49. The summed E-state index contributed by atoms with van der Waals surface area (Å²) in [6.07, 6.45) is -5.11. The molecule has 0 bridgehead atoms. The molecule has 1 amide bonds. The number of hydrogen-bond donors (Lipinski definition) is 2. The minimum Gasteiger partial charge on any atom is -0.491 e. The molecule has 0 aliphatic rings. The average molecular weight is 444 g/mol. The molecule has 0 saturated carbocycles. The lowest BCUT2D eigenvalue weighted by molar-refractivity contribution is -0.138. The predicted octanol–water partition coefficient (Wildman–Crippen LogP) is 3.48. The van der Waals surface area contributed by atoms with Crippen LogP contribution in [0.5, 0.6) is 5.75 Å².